The molecule has 0 radical (unpaired) electrons. The van der Waals surface area contributed by atoms with Gasteiger partial charge in [-0.1, -0.05) is 13.3 Å². The topological polar surface area (TPSA) is 101 Å². The Morgan fingerprint density at radius 2 is 2.00 bits per heavy atom. The predicted octanol–water partition coefficient (Wildman–Crippen LogP) is -0.170. The molecule has 0 unspecified atom stereocenters. The number of nitrogens with zero attached hydrogens (tertiary/aromatic N) is 3. The van der Waals surface area contributed by atoms with Crippen molar-refractivity contribution in [2.24, 2.45) is 14.1 Å². The summed E-state index contributed by atoms with van der Waals surface area (Å²) in [6.45, 7) is 2.62. The molecule has 0 aliphatic heterocycles. The molecule has 0 aliphatic rings. The van der Waals surface area contributed by atoms with Crippen LogP contribution in [0.5, 0.6) is 0 Å². The first-order valence-corrected chi connectivity index (χ1v) is 7.93. The van der Waals surface area contributed by atoms with E-state index in [-0.39, 0.29) is 11.3 Å². The minimum Gasteiger partial charge on any atom is -0.481 e. The molecule has 0 saturated heterocycles. The van der Waals surface area contributed by atoms with Crippen molar-refractivity contribution in [3.63, 3.8) is 0 Å². The standard InChI is InChI=1S/C13H18N4O4S/c1-4-5-6-17-9-10(14-12(17)22-7-8(18)19)15(2)13(21)16(3)11(9)20/h4-7H2,1-3H3,(H,18,19)/p+1. The van der Waals surface area contributed by atoms with Gasteiger partial charge in [-0.3, -0.25) is 18.7 Å². The number of unbranched alkanes of at least 4 members (excludes halogenated alkanes) is 1. The highest BCUT2D eigenvalue weighted by molar-refractivity contribution is 7.99. The number of aromatic amines is 1. The molecular formula is C13H19N4O4S+. The van der Waals surface area contributed by atoms with Gasteiger partial charge in [0.15, 0.2) is 0 Å². The van der Waals surface area contributed by atoms with E-state index in [1.807, 2.05) is 6.92 Å². The van der Waals surface area contributed by atoms with Crippen molar-refractivity contribution in [3.05, 3.63) is 20.8 Å². The van der Waals surface area contributed by atoms with Crippen molar-refractivity contribution < 1.29 is 14.5 Å². The van der Waals surface area contributed by atoms with E-state index in [1.54, 1.807) is 11.6 Å². The molecule has 2 N–H and O–H groups in total. The Bertz CT molecular complexity index is 833. The second-order valence-corrected chi connectivity index (χ2v) is 5.98. The van der Waals surface area contributed by atoms with Gasteiger partial charge in [0.1, 0.15) is 5.75 Å². The molecule has 0 saturated carbocycles. The second kappa shape index (κ2) is 6.39. The Kier molecular flexibility index (Phi) is 4.74. The zero-order chi connectivity index (χ0) is 16.4. The van der Waals surface area contributed by atoms with Crippen LogP contribution in [0, 0.1) is 0 Å². The maximum absolute atomic E-state index is 12.4. The van der Waals surface area contributed by atoms with Crippen LogP contribution in [0.25, 0.3) is 11.2 Å². The van der Waals surface area contributed by atoms with Crippen LogP contribution in [0.2, 0.25) is 0 Å². The van der Waals surface area contributed by atoms with Crippen LogP contribution in [0.15, 0.2) is 14.7 Å². The van der Waals surface area contributed by atoms with Crippen molar-refractivity contribution in [1.82, 2.24) is 14.1 Å². The molecule has 0 fully saturated rings. The van der Waals surface area contributed by atoms with Gasteiger partial charge in [0.2, 0.25) is 0 Å². The lowest BCUT2D eigenvalue weighted by molar-refractivity contribution is -0.709. The number of nitrogens with one attached hydrogen (secondary N) is 1. The first kappa shape index (κ1) is 16.3. The molecule has 2 rings (SSSR count). The highest BCUT2D eigenvalue weighted by atomic mass is 32.2. The van der Waals surface area contributed by atoms with Gasteiger partial charge in [-0.2, -0.15) is 0 Å². The summed E-state index contributed by atoms with van der Waals surface area (Å²) >= 11 is 1.10. The molecule has 0 aromatic carbocycles. The maximum Gasteiger partial charge on any atom is 0.333 e. The fourth-order valence-corrected chi connectivity index (χ4v) is 3.02. The molecule has 2 heterocycles. The van der Waals surface area contributed by atoms with Gasteiger partial charge in [-0.15, -0.1) is 0 Å². The third-order valence-corrected chi connectivity index (χ3v) is 4.44. The van der Waals surface area contributed by atoms with Crippen LogP contribution in [-0.4, -0.2) is 30.9 Å². The molecule has 0 amide bonds. The summed E-state index contributed by atoms with van der Waals surface area (Å²) in [6, 6.07) is 0. The average molecular weight is 327 g/mol. The lowest BCUT2D eigenvalue weighted by Crippen LogP contribution is -2.44. The molecule has 0 spiro atoms. The minimum atomic E-state index is -0.938. The molecular weight excluding hydrogens is 308 g/mol. The maximum atomic E-state index is 12.4. The van der Waals surface area contributed by atoms with E-state index < -0.39 is 11.7 Å². The number of carboxylic acid groups (broad SMARTS) is 1. The first-order chi connectivity index (χ1) is 10.4. The Morgan fingerprint density at radius 3 is 2.59 bits per heavy atom. The number of thioether (sulfide) groups is 1. The normalized spacial score (nSPS) is 11.2. The molecule has 22 heavy (non-hydrogen) atoms. The summed E-state index contributed by atoms with van der Waals surface area (Å²) in [6.07, 6.45) is 1.79. The summed E-state index contributed by atoms with van der Waals surface area (Å²) in [7, 11) is 3.02. The van der Waals surface area contributed by atoms with E-state index in [9.17, 15) is 14.4 Å². The van der Waals surface area contributed by atoms with Gasteiger partial charge in [-0.25, -0.2) is 14.3 Å². The smallest absolute Gasteiger partial charge is 0.333 e. The monoisotopic (exact) mass is 327 g/mol. The molecule has 0 aliphatic carbocycles. The van der Waals surface area contributed by atoms with Crippen molar-refractivity contribution >= 4 is 28.9 Å². The van der Waals surface area contributed by atoms with Gasteiger partial charge in [0.25, 0.3) is 11.2 Å². The molecule has 8 nitrogen and oxygen atoms in total. The van der Waals surface area contributed by atoms with E-state index >= 15 is 0 Å². The van der Waals surface area contributed by atoms with Gasteiger partial charge in [0, 0.05) is 14.1 Å². The minimum absolute atomic E-state index is 0.118. The lowest BCUT2D eigenvalue weighted by Gasteiger charge is -2.02. The van der Waals surface area contributed by atoms with Crippen molar-refractivity contribution in [2.45, 2.75) is 31.5 Å². The molecule has 2 aromatic rings. The van der Waals surface area contributed by atoms with E-state index in [0.29, 0.717) is 22.9 Å². The van der Waals surface area contributed by atoms with Crippen LogP contribution >= 0.6 is 11.8 Å². The number of carboxylic acids is 1. The van der Waals surface area contributed by atoms with Gasteiger partial charge in [0.05, 0.1) is 6.54 Å². The fourth-order valence-electron chi connectivity index (χ4n) is 2.26. The number of aromatic nitrogens is 4. The fraction of sp³-hybridized carbons (Fsp3) is 0.538. The summed E-state index contributed by atoms with van der Waals surface area (Å²) in [5.74, 6) is -1.06. The summed E-state index contributed by atoms with van der Waals surface area (Å²) in [5.41, 5.74) is 0.00633. The Morgan fingerprint density at radius 1 is 1.32 bits per heavy atom. The van der Waals surface area contributed by atoms with Crippen LogP contribution in [0.1, 0.15) is 19.8 Å². The number of imidazole rings is 1. The van der Waals surface area contributed by atoms with E-state index in [1.165, 1.54) is 11.6 Å². The number of fused-ring (bicyclic) bond motifs is 1. The quantitative estimate of drug-likeness (QED) is 0.567. The number of aryl methyl sites for hydroxylation is 2. The van der Waals surface area contributed by atoms with E-state index in [0.717, 1.165) is 29.2 Å². The SMILES string of the molecule is CCCC[n+]1c(SCC(=O)O)[nH]c2c1c(=O)n(C)c(=O)n2C. The van der Waals surface area contributed by atoms with Crippen molar-refractivity contribution in [1.29, 1.82) is 0 Å². The second-order valence-electron chi connectivity index (χ2n) is 5.02. The molecule has 0 bridgehead atoms. The lowest BCUT2D eigenvalue weighted by atomic mass is 10.3. The van der Waals surface area contributed by atoms with Gasteiger partial charge >= 0.3 is 22.4 Å². The number of rotatable bonds is 6. The van der Waals surface area contributed by atoms with Crippen LogP contribution in [0.3, 0.4) is 0 Å². The predicted molar refractivity (Wildman–Crippen MR) is 82.2 cm³/mol. The average Bonchev–Trinajstić information content (AvgIpc) is 2.85. The largest absolute Gasteiger partial charge is 0.481 e. The third-order valence-electron chi connectivity index (χ3n) is 3.45. The highest BCUT2D eigenvalue weighted by Gasteiger charge is 2.26. The molecule has 120 valence electrons. The third kappa shape index (κ3) is 2.80. The summed E-state index contributed by atoms with van der Waals surface area (Å²) < 4.78 is 4.20. The number of H-pyrrole nitrogens is 1. The molecule has 9 heteroatoms. The number of hydrogen-bond donors (Lipinski definition) is 2. The number of aliphatic carboxylic acids is 1. The Balaban J connectivity index is 2.71. The first-order valence-electron chi connectivity index (χ1n) is 6.94. The van der Waals surface area contributed by atoms with Gasteiger partial charge < -0.3 is 5.11 Å². The number of hydrogen-bond acceptors (Lipinski definition) is 4. The van der Waals surface area contributed by atoms with Gasteiger partial charge in [-0.05, 0) is 18.2 Å². The Hall–Kier alpha value is -2.03. The van der Waals surface area contributed by atoms with Crippen LogP contribution in [0.4, 0.5) is 0 Å². The molecule has 2 aromatic heterocycles. The van der Waals surface area contributed by atoms with Crippen LogP contribution < -0.4 is 15.8 Å². The zero-order valence-corrected chi connectivity index (χ0v) is 13.6. The summed E-state index contributed by atoms with van der Waals surface area (Å²) in [5, 5.41) is 9.42. The number of carbonyl (C=O) groups is 1. The van der Waals surface area contributed by atoms with Crippen molar-refractivity contribution in [2.75, 3.05) is 5.75 Å². The Labute approximate surface area is 130 Å². The van der Waals surface area contributed by atoms with Crippen molar-refractivity contribution in [3.8, 4) is 0 Å². The highest BCUT2D eigenvalue weighted by Crippen LogP contribution is 2.15. The summed E-state index contributed by atoms with van der Waals surface area (Å²) in [4.78, 5) is 38.2. The zero-order valence-electron chi connectivity index (χ0n) is 12.8. The van der Waals surface area contributed by atoms with E-state index in [4.69, 9.17) is 5.11 Å². The van der Waals surface area contributed by atoms with E-state index in [2.05, 4.69) is 4.98 Å². The molecule has 0 atom stereocenters. The van der Waals surface area contributed by atoms with Crippen LogP contribution in [-0.2, 0) is 25.4 Å².